The van der Waals surface area contributed by atoms with Crippen LogP contribution in [0.15, 0.2) is 28.7 Å². The van der Waals surface area contributed by atoms with Gasteiger partial charge in [0.15, 0.2) is 0 Å². The van der Waals surface area contributed by atoms with Crippen LogP contribution in [0.3, 0.4) is 0 Å². The van der Waals surface area contributed by atoms with E-state index < -0.39 is 5.97 Å². The Balaban J connectivity index is 2.65. The maximum Gasteiger partial charge on any atom is 0.371 e. The summed E-state index contributed by atoms with van der Waals surface area (Å²) in [6.07, 6.45) is 0.683. The standard InChI is InChI=1S/C10H6O4/c11-5-6-1-2-7-4-9(10(12)13)14-8(7)3-6/h1-5H,(H,12,13). The van der Waals surface area contributed by atoms with Crippen LogP contribution in [-0.2, 0) is 0 Å². The van der Waals surface area contributed by atoms with Crippen LogP contribution in [0.25, 0.3) is 11.0 Å². The molecule has 4 heteroatoms. The van der Waals surface area contributed by atoms with Crippen LogP contribution in [-0.4, -0.2) is 17.4 Å². The van der Waals surface area contributed by atoms with E-state index in [4.69, 9.17) is 9.52 Å². The highest BCUT2D eigenvalue weighted by Crippen LogP contribution is 2.20. The van der Waals surface area contributed by atoms with Crippen LogP contribution < -0.4 is 0 Å². The fraction of sp³-hybridized carbons (Fsp3) is 0. The van der Waals surface area contributed by atoms with Crippen molar-refractivity contribution in [2.75, 3.05) is 0 Å². The van der Waals surface area contributed by atoms with Gasteiger partial charge in [0.1, 0.15) is 11.9 Å². The number of hydrogen-bond donors (Lipinski definition) is 1. The third kappa shape index (κ3) is 1.26. The maximum atomic E-state index is 10.6. The van der Waals surface area contributed by atoms with Gasteiger partial charge in [0.2, 0.25) is 5.76 Å². The molecule has 0 atom stereocenters. The van der Waals surface area contributed by atoms with E-state index in [1.807, 2.05) is 0 Å². The Hall–Kier alpha value is -2.10. The van der Waals surface area contributed by atoms with Crippen molar-refractivity contribution >= 4 is 23.2 Å². The average Bonchev–Trinajstić information content (AvgIpc) is 2.59. The molecule has 0 saturated carbocycles. The van der Waals surface area contributed by atoms with Crippen LogP contribution in [0.1, 0.15) is 20.9 Å². The summed E-state index contributed by atoms with van der Waals surface area (Å²) in [5.41, 5.74) is 0.871. The van der Waals surface area contributed by atoms with Crippen LogP contribution >= 0.6 is 0 Å². The lowest BCUT2D eigenvalue weighted by atomic mass is 10.2. The number of benzene rings is 1. The molecule has 0 radical (unpaired) electrons. The fourth-order valence-corrected chi connectivity index (χ4v) is 1.23. The summed E-state index contributed by atoms with van der Waals surface area (Å²) in [6.45, 7) is 0. The van der Waals surface area contributed by atoms with Crippen molar-refractivity contribution in [3.05, 3.63) is 35.6 Å². The average molecular weight is 190 g/mol. The van der Waals surface area contributed by atoms with Crippen molar-refractivity contribution in [2.45, 2.75) is 0 Å². The van der Waals surface area contributed by atoms with E-state index in [0.29, 0.717) is 22.8 Å². The van der Waals surface area contributed by atoms with Crippen molar-refractivity contribution in [3.8, 4) is 0 Å². The summed E-state index contributed by atoms with van der Waals surface area (Å²) < 4.78 is 5.01. The molecule has 2 aromatic rings. The van der Waals surface area contributed by atoms with Gasteiger partial charge in [-0.15, -0.1) is 0 Å². The van der Waals surface area contributed by atoms with Crippen LogP contribution in [0.5, 0.6) is 0 Å². The molecule has 14 heavy (non-hydrogen) atoms. The van der Waals surface area contributed by atoms with Gasteiger partial charge in [0.25, 0.3) is 0 Å². The number of furan rings is 1. The summed E-state index contributed by atoms with van der Waals surface area (Å²) >= 11 is 0. The lowest BCUT2D eigenvalue weighted by molar-refractivity contribution is 0.0665. The Kier molecular flexibility index (Phi) is 1.81. The van der Waals surface area contributed by atoms with Crippen molar-refractivity contribution in [2.24, 2.45) is 0 Å². The second-order valence-corrected chi connectivity index (χ2v) is 2.83. The molecule has 0 saturated heterocycles. The highest BCUT2D eigenvalue weighted by Gasteiger charge is 2.10. The number of carbonyl (C=O) groups excluding carboxylic acids is 1. The van der Waals surface area contributed by atoms with E-state index in [9.17, 15) is 9.59 Å². The van der Waals surface area contributed by atoms with Gasteiger partial charge in [-0.2, -0.15) is 0 Å². The topological polar surface area (TPSA) is 67.5 Å². The zero-order valence-electron chi connectivity index (χ0n) is 7.06. The van der Waals surface area contributed by atoms with Crippen molar-refractivity contribution < 1.29 is 19.1 Å². The summed E-state index contributed by atoms with van der Waals surface area (Å²) in [5.74, 6) is -1.24. The Morgan fingerprint density at radius 2 is 2.14 bits per heavy atom. The number of fused-ring (bicyclic) bond motifs is 1. The smallest absolute Gasteiger partial charge is 0.371 e. The zero-order valence-corrected chi connectivity index (χ0v) is 7.06. The molecule has 70 valence electrons. The van der Waals surface area contributed by atoms with Crippen LogP contribution in [0, 0.1) is 0 Å². The van der Waals surface area contributed by atoms with Gasteiger partial charge in [0.05, 0.1) is 0 Å². The molecule has 2 rings (SSSR count). The number of carbonyl (C=O) groups is 2. The van der Waals surface area contributed by atoms with Gasteiger partial charge < -0.3 is 9.52 Å². The SMILES string of the molecule is O=Cc1ccc2cc(C(=O)O)oc2c1. The predicted octanol–water partition coefficient (Wildman–Crippen LogP) is 1.94. The largest absolute Gasteiger partial charge is 0.475 e. The van der Waals surface area contributed by atoms with Crippen molar-refractivity contribution in [1.29, 1.82) is 0 Å². The minimum Gasteiger partial charge on any atom is -0.475 e. The number of hydrogen-bond acceptors (Lipinski definition) is 3. The first-order valence-electron chi connectivity index (χ1n) is 3.93. The molecule has 1 heterocycles. The summed E-state index contributed by atoms with van der Waals surface area (Å²) in [7, 11) is 0. The first-order chi connectivity index (χ1) is 6.70. The predicted molar refractivity (Wildman–Crippen MR) is 48.6 cm³/mol. The van der Waals surface area contributed by atoms with Gasteiger partial charge in [-0.05, 0) is 12.1 Å². The second kappa shape index (κ2) is 2.99. The molecule has 4 nitrogen and oxygen atoms in total. The Labute approximate surface area is 78.8 Å². The third-order valence-corrected chi connectivity index (χ3v) is 1.89. The molecule has 0 unspecified atom stereocenters. The minimum atomic E-state index is -1.12. The number of rotatable bonds is 2. The number of aromatic carboxylic acids is 1. The molecular weight excluding hydrogens is 184 g/mol. The quantitative estimate of drug-likeness (QED) is 0.735. The van der Waals surface area contributed by atoms with Crippen molar-refractivity contribution in [1.82, 2.24) is 0 Å². The molecule has 1 aromatic carbocycles. The summed E-state index contributed by atoms with van der Waals surface area (Å²) in [6, 6.07) is 6.19. The maximum absolute atomic E-state index is 10.6. The summed E-state index contributed by atoms with van der Waals surface area (Å²) in [5, 5.41) is 9.32. The normalized spacial score (nSPS) is 10.3. The molecule has 0 aliphatic heterocycles. The summed E-state index contributed by atoms with van der Waals surface area (Å²) in [4.78, 5) is 21.0. The molecule has 1 N–H and O–H groups in total. The zero-order chi connectivity index (χ0) is 10.1. The van der Waals surface area contributed by atoms with E-state index in [-0.39, 0.29) is 5.76 Å². The molecule has 0 aliphatic rings. The van der Waals surface area contributed by atoms with E-state index in [1.54, 1.807) is 12.1 Å². The third-order valence-electron chi connectivity index (χ3n) is 1.89. The van der Waals surface area contributed by atoms with Crippen molar-refractivity contribution in [3.63, 3.8) is 0 Å². The second-order valence-electron chi connectivity index (χ2n) is 2.83. The van der Waals surface area contributed by atoms with E-state index >= 15 is 0 Å². The Morgan fingerprint density at radius 1 is 1.36 bits per heavy atom. The number of carboxylic acid groups (broad SMARTS) is 1. The molecule has 0 amide bonds. The Bertz CT molecular complexity index is 510. The van der Waals surface area contributed by atoms with Gasteiger partial charge in [-0.3, -0.25) is 4.79 Å². The number of aldehydes is 1. The highest BCUT2D eigenvalue weighted by atomic mass is 16.4. The van der Waals surface area contributed by atoms with Gasteiger partial charge >= 0.3 is 5.97 Å². The van der Waals surface area contributed by atoms with Crippen LogP contribution in [0.2, 0.25) is 0 Å². The van der Waals surface area contributed by atoms with E-state index in [2.05, 4.69) is 0 Å². The van der Waals surface area contributed by atoms with Gasteiger partial charge in [-0.25, -0.2) is 4.79 Å². The molecule has 0 fully saturated rings. The lowest BCUT2D eigenvalue weighted by Crippen LogP contribution is -1.91. The highest BCUT2D eigenvalue weighted by molar-refractivity contribution is 5.93. The molecule has 0 spiro atoms. The van der Waals surface area contributed by atoms with E-state index in [1.165, 1.54) is 12.1 Å². The molecular formula is C10H6O4. The lowest BCUT2D eigenvalue weighted by Gasteiger charge is -1.88. The fourth-order valence-electron chi connectivity index (χ4n) is 1.23. The number of carboxylic acids is 1. The molecule has 0 bridgehead atoms. The minimum absolute atomic E-state index is 0.122. The van der Waals surface area contributed by atoms with Gasteiger partial charge in [0, 0.05) is 10.9 Å². The molecule has 0 aliphatic carbocycles. The van der Waals surface area contributed by atoms with Crippen LogP contribution in [0.4, 0.5) is 0 Å². The first-order valence-corrected chi connectivity index (χ1v) is 3.93. The first kappa shape index (κ1) is 8.50. The monoisotopic (exact) mass is 190 g/mol. The molecule has 1 aromatic heterocycles. The Morgan fingerprint density at radius 3 is 2.79 bits per heavy atom. The van der Waals surface area contributed by atoms with E-state index in [0.717, 1.165) is 0 Å². The van der Waals surface area contributed by atoms with Gasteiger partial charge in [-0.1, -0.05) is 12.1 Å².